The SMILES string of the molecule is CCCCCCCCCCCCC1CNC(=O)[N+]1(C(C)=O)C(C)=O. The maximum atomic E-state index is 12.1. The van der Waals surface area contributed by atoms with E-state index < -0.39 is 10.5 Å². The molecule has 24 heavy (non-hydrogen) atoms. The number of amides is 4. The van der Waals surface area contributed by atoms with Crippen LogP contribution in [0.25, 0.3) is 0 Å². The van der Waals surface area contributed by atoms with Gasteiger partial charge in [-0.3, -0.25) is 5.32 Å². The Hall–Kier alpha value is -1.23. The van der Waals surface area contributed by atoms with Crippen LogP contribution in [0, 0.1) is 0 Å². The molecule has 1 unspecified atom stereocenters. The molecule has 1 heterocycles. The molecule has 0 aromatic rings. The van der Waals surface area contributed by atoms with Gasteiger partial charge >= 0.3 is 17.8 Å². The zero-order valence-electron chi connectivity index (χ0n) is 15.7. The number of nitrogens with one attached hydrogen (secondary N) is 1. The molecule has 1 atom stereocenters. The van der Waals surface area contributed by atoms with Crippen molar-refractivity contribution in [2.45, 2.75) is 97.4 Å². The highest BCUT2D eigenvalue weighted by Crippen LogP contribution is 2.26. The van der Waals surface area contributed by atoms with Crippen LogP contribution in [0.15, 0.2) is 0 Å². The lowest BCUT2D eigenvalue weighted by Crippen LogP contribution is -2.61. The summed E-state index contributed by atoms with van der Waals surface area (Å²) in [6.07, 6.45) is 13.2. The second kappa shape index (κ2) is 10.6. The summed E-state index contributed by atoms with van der Waals surface area (Å²) in [4.78, 5) is 36.1. The molecule has 1 fully saturated rings. The molecule has 0 saturated carbocycles. The Morgan fingerprint density at radius 2 is 1.38 bits per heavy atom. The van der Waals surface area contributed by atoms with Gasteiger partial charge in [0.05, 0.1) is 20.4 Å². The fourth-order valence-electron chi connectivity index (χ4n) is 3.82. The minimum Gasteiger partial charge on any atom is -0.299 e. The molecule has 0 radical (unpaired) electrons. The van der Waals surface area contributed by atoms with Gasteiger partial charge in [-0.2, -0.15) is 0 Å². The van der Waals surface area contributed by atoms with Crippen molar-refractivity contribution < 1.29 is 18.9 Å². The van der Waals surface area contributed by atoms with Crippen LogP contribution in [0.1, 0.15) is 91.4 Å². The third kappa shape index (κ3) is 5.13. The Balaban J connectivity index is 2.26. The van der Waals surface area contributed by atoms with Crippen molar-refractivity contribution in [3.63, 3.8) is 0 Å². The smallest absolute Gasteiger partial charge is 0.299 e. The second-order valence-electron chi connectivity index (χ2n) is 7.07. The first-order valence-electron chi connectivity index (χ1n) is 9.67. The highest BCUT2D eigenvalue weighted by Gasteiger charge is 2.57. The van der Waals surface area contributed by atoms with Gasteiger partial charge in [0.2, 0.25) is 0 Å². The average molecular weight is 340 g/mol. The molecule has 0 aromatic carbocycles. The molecule has 0 bridgehead atoms. The van der Waals surface area contributed by atoms with E-state index >= 15 is 0 Å². The monoisotopic (exact) mass is 339 g/mol. The molecule has 1 aliphatic heterocycles. The maximum absolute atomic E-state index is 12.1. The third-order valence-corrected chi connectivity index (χ3v) is 5.24. The Bertz CT molecular complexity index is 420. The molecule has 1 aliphatic rings. The van der Waals surface area contributed by atoms with Crippen molar-refractivity contribution in [1.29, 1.82) is 0 Å². The number of urea groups is 1. The van der Waals surface area contributed by atoms with E-state index in [4.69, 9.17) is 0 Å². The summed E-state index contributed by atoms with van der Waals surface area (Å²) in [5.74, 6) is -0.732. The number of rotatable bonds is 11. The average Bonchev–Trinajstić information content (AvgIpc) is 2.86. The standard InChI is InChI=1S/C19H34N2O3/c1-4-5-6-7-8-9-10-11-12-13-14-18-15-20-19(24)21(18,16(2)22)17(3)23/h18H,4-15H2,1-3H3/p+1. The van der Waals surface area contributed by atoms with Crippen LogP contribution in [0.2, 0.25) is 0 Å². The van der Waals surface area contributed by atoms with Gasteiger partial charge in [0.1, 0.15) is 6.04 Å². The van der Waals surface area contributed by atoms with Gasteiger partial charge in [-0.1, -0.05) is 64.7 Å². The molecule has 5 nitrogen and oxygen atoms in total. The topological polar surface area (TPSA) is 63.2 Å². The van der Waals surface area contributed by atoms with E-state index in [-0.39, 0.29) is 17.9 Å². The van der Waals surface area contributed by atoms with Crippen molar-refractivity contribution >= 4 is 17.8 Å². The lowest BCUT2D eigenvalue weighted by molar-refractivity contribution is -0.712. The van der Waals surface area contributed by atoms with Gasteiger partial charge in [0.25, 0.3) is 0 Å². The quantitative estimate of drug-likeness (QED) is 0.451. The van der Waals surface area contributed by atoms with E-state index in [0.29, 0.717) is 6.54 Å². The van der Waals surface area contributed by atoms with Crippen LogP contribution in [0.5, 0.6) is 0 Å². The van der Waals surface area contributed by atoms with E-state index in [1.165, 1.54) is 65.2 Å². The molecule has 1 N–H and O–H groups in total. The first-order valence-corrected chi connectivity index (χ1v) is 9.67. The van der Waals surface area contributed by atoms with Crippen LogP contribution in [-0.2, 0) is 9.59 Å². The fraction of sp³-hybridized carbons (Fsp3) is 0.842. The first kappa shape index (κ1) is 20.8. The van der Waals surface area contributed by atoms with Gasteiger partial charge in [0.15, 0.2) is 0 Å². The van der Waals surface area contributed by atoms with Crippen LogP contribution >= 0.6 is 0 Å². The summed E-state index contributed by atoms with van der Waals surface area (Å²) in [5, 5.41) is 2.70. The van der Waals surface area contributed by atoms with Gasteiger partial charge < -0.3 is 0 Å². The van der Waals surface area contributed by atoms with Crippen LogP contribution in [-0.4, -0.2) is 34.9 Å². The summed E-state index contributed by atoms with van der Waals surface area (Å²) in [6, 6.07) is -0.686. The van der Waals surface area contributed by atoms with Crippen molar-refractivity contribution in [3.05, 3.63) is 0 Å². The number of unbranched alkanes of at least 4 members (excludes halogenated alkanes) is 9. The van der Waals surface area contributed by atoms with E-state index in [2.05, 4.69) is 12.2 Å². The lowest BCUT2D eigenvalue weighted by atomic mass is 10.0. The summed E-state index contributed by atoms with van der Waals surface area (Å²) in [7, 11) is 0. The van der Waals surface area contributed by atoms with Crippen LogP contribution in [0.4, 0.5) is 4.79 Å². The predicted octanol–water partition coefficient (Wildman–Crippen LogP) is 4.30. The second-order valence-corrected chi connectivity index (χ2v) is 7.07. The highest BCUT2D eigenvalue weighted by atomic mass is 16.2. The first-order chi connectivity index (χ1) is 11.5. The zero-order valence-corrected chi connectivity index (χ0v) is 15.7. The molecule has 0 spiro atoms. The van der Waals surface area contributed by atoms with E-state index in [1.807, 2.05) is 0 Å². The van der Waals surface area contributed by atoms with Crippen molar-refractivity contribution in [2.24, 2.45) is 0 Å². The third-order valence-electron chi connectivity index (χ3n) is 5.24. The molecular formula is C19H35N2O3+. The number of nitrogens with zero attached hydrogens (tertiary/aromatic N) is 1. The minimum atomic E-state index is -0.641. The molecular weight excluding hydrogens is 304 g/mol. The fourth-order valence-corrected chi connectivity index (χ4v) is 3.82. The Kier molecular flexibility index (Phi) is 9.19. The van der Waals surface area contributed by atoms with Crippen LogP contribution < -0.4 is 5.32 Å². The number of carbonyl (C=O) groups excluding carboxylic acids is 3. The Morgan fingerprint density at radius 3 is 1.83 bits per heavy atom. The van der Waals surface area contributed by atoms with Gasteiger partial charge in [-0.25, -0.2) is 14.4 Å². The predicted molar refractivity (Wildman–Crippen MR) is 95.3 cm³/mol. The number of hydrogen-bond acceptors (Lipinski definition) is 3. The van der Waals surface area contributed by atoms with E-state index in [0.717, 1.165) is 19.3 Å². The summed E-state index contributed by atoms with van der Waals surface area (Å²) < 4.78 is -0.641. The molecule has 4 amide bonds. The van der Waals surface area contributed by atoms with Crippen molar-refractivity contribution in [1.82, 2.24) is 5.32 Å². The number of hydrogen-bond donors (Lipinski definition) is 1. The van der Waals surface area contributed by atoms with Crippen molar-refractivity contribution in [3.8, 4) is 0 Å². The molecule has 0 aliphatic carbocycles. The zero-order chi connectivity index (χ0) is 18.0. The molecule has 138 valence electrons. The largest absolute Gasteiger partial charge is 0.432 e. The molecule has 5 heteroatoms. The van der Waals surface area contributed by atoms with Crippen LogP contribution in [0.3, 0.4) is 0 Å². The van der Waals surface area contributed by atoms with E-state index in [1.54, 1.807) is 0 Å². The molecule has 0 aromatic heterocycles. The van der Waals surface area contributed by atoms with Gasteiger partial charge in [-0.05, 0) is 6.42 Å². The van der Waals surface area contributed by atoms with Gasteiger partial charge in [0, 0.05) is 6.42 Å². The van der Waals surface area contributed by atoms with E-state index in [9.17, 15) is 14.4 Å². The summed E-state index contributed by atoms with van der Waals surface area (Å²) >= 11 is 0. The number of imide groups is 3. The summed E-state index contributed by atoms with van der Waals surface area (Å²) in [6.45, 7) is 5.35. The summed E-state index contributed by atoms with van der Waals surface area (Å²) in [5.41, 5.74) is 0. The Morgan fingerprint density at radius 1 is 0.917 bits per heavy atom. The minimum absolute atomic E-state index is 0.235. The number of quaternary nitrogens is 1. The normalized spacial score (nSPS) is 19.3. The molecule has 1 rings (SSSR count). The maximum Gasteiger partial charge on any atom is 0.432 e. The lowest BCUT2D eigenvalue weighted by Gasteiger charge is -2.28. The van der Waals surface area contributed by atoms with Gasteiger partial charge in [-0.15, -0.1) is 4.48 Å². The molecule has 1 saturated heterocycles. The highest BCUT2D eigenvalue weighted by molar-refractivity contribution is 5.97. The number of carbonyl (C=O) groups is 3. The van der Waals surface area contributed by atoms with Crippen molar-refractivity contribution in [2.75, 3.05) is 6.54 Å². The Labute approximate surface area is 146 Å².